The monoisotopic (exact) mass is 388 g/mol. The number of hydrogen-bond donors (Lipinski definition) is 1. The number of nitrogens with one attached hydrogen (secondary N) is 1. The Morgan fingerprint density at radius 2 is 1.97 bits per heavy atom. The van der Waals surface area contributed by atoms with Crippen LogP contribution in [0.3, 0.4) is 0 Å². The minimum absolute atomic E-state index is 0.0190. The van der Waals surface area contributed by atoms with Gasteiger partial charge in [-0.15, -0.1) is 0 Å². The molecule has 2 aliphatic carbocycles. The number of benzene rings is 2. The van der Waals surface area contributed by atoms with Crippen molar-refractivity contribution in [2.45, 2.75) is 51.4 Å². The summed E-state index contributed by atoms with van der Waals surface area (Å²) in [6.07, 6.45) is 5.10. The van der Waals surface area contributed by atoms with E-state index < -0.39 is 5.41 Å². The Kier molecular flexibility index (Phi) is 4.09. The van der Waals surface area contributed by atoms with Crippen LogP contribution in [0.4, 0.5) is 0 Å². The number of carbonyl (C=O) groups is 1. The lowest BCUT2D eigenvalue weighted by molar-refractivity contribution is -0.161. The third-order valence-corrected chi connectivity index (χ3v) is 7.65. The van der Waals surface area contributed by atoms with Gasteiger partial charge in [0.1, 0.15) is 5.82 Å². The van der Waals surface area contributed by atoms with Gasteiger partial charge < -0.3 is 9.72 Å². The number of nitrogens with zero attached hydrogens (tertiary/aromatic N) is 1. The maximum absolute atomic E-state index is 12.7. The summed E-state index contributed by atoms with van der Waals surface area (Å²) in [6, 6.07) is 14.8. The largest absolute Gasteiger partial charge is 0.469 e. The third kappa shape index (κ3) is 2.65. The van der Waals surface area contributed by atoms with E-state index in [1.807, 2.05) is 18.2 Å². The molecule has 0 spiro atoms. The lowest BCUT2D eigenvalue weighted by atomic mass is 9.50. The van der Waals surface area contributed by atoms with Crippen LogP contribution < -0.4 is 0 Å². The number of carbonyl (C=O) groups excluding carboxylic acids is 1. The van der Waals surface area contributed by atoms with Gasteiger partial charge >= 0.3 is 5.97 Å². The molecule has 0 aliphatic heterocycles. The number of aromatic amines is 1. The van der Waals surface area contributed by atoms with Crippen LogP contribution in [-0.2, 0) is 21.4 Å². The fraction of sp³-hybridized carbons (Fsp3) is 0.440. The summed E-state index contributed by atoms with van der Waals surface area (Å²) >= 11 is 0. The van der Waals surface area contributed by atoms with Gasteiger partial charge in [0.2, 0.25) is 0 Å². The van der Waals surface area contributed by atoms with Crippen molar-refractivity contribution in [1.29, 1.82) is 0 Å². The fourth-order valence-electron chi connectivity index (χ4n) is 6.18. The smallest absolute Gasteiger partial charge is 0.311 e. The molecule has 3 aromatic rings. The van der Waals surface area contributed by atoms with Crippen LogP contribution in [-0.4, -0.2) is 23.0 Å². The Morgan fingerprint density at radius 1 is 1.17 bits per heavy atom. The molecule has 1 heterocycles. The first-order valence-electron chi connectivity index (χ1n) is 10.6. The van der Waals surface area contributed by atoms with Gasteiger partial charge in [0, 0.05) is 5.56 Å². The van der Waals surface area contributed by atoms with Gasteiger partial charge in [-0.2, -0.15) is 0 Å². The molecular formula is C25H28N2O2. The van der Waals surface area contributed by atoms with E-state index in [0.717, 1.165) is 54.5 Å². The minimum atomic E-state index is -0.408. The Bertz CT molecular complexity index is 1090. The van der Waals surface area contributed by atoms with Crippen molar-refractivity contribution >= 4 is 17.0 Å². The highest BCUT2D eigenvalue weighted by Crippen LogP contribution is 2.57. The normalized spacial score (nSPS) is 28.6. The van der Waals surface area contributed by atoms with E-state index in [1.165, 1.54) is 18.2 Å². The van der Waals surface area contributed by atoms with E-state index >= 15 is 0 Å². The van der Waals surface area contributed by atoms with Crippen LogP contribution in [0.15, 0.2) is 42.5 Å². The molecule has 4 heteroatoms. The van der Waals surface area contributed by atoms with Gasteiger partial charge in [-0.1, -0.05) is 43.7 Å². The summed E-state index contributed by atoms with van der Waals surface area (Å²) < 4.78 is 5.24. The van der Waals surface area contributed by atoms with Crippen molar-refractivity contribution < 1.29 is 9.53 Å². The molecule has 0 saturated heterocycles. The predicted molar refractivity (Wildman–Crippen MR) is 115 cm³/mol. The van der Waals surface area contributed by atoms with E-state index in [1.54, 1.807) is 0 Å². The molecule has 150 valence electrons. The average Bonchev–Trinajstić information content (AvgIpc) is 3.15. The first-order chi connectivity index (χ1) is 14.0. The second kappa shape index (κ2) is 6.45. The zero-order valence-corrected chi connectivity index (χ0v) is 17.4. The summed E-state index contributed by atoms with van der Waals surface area (Å²) in [6.45, 7) is 4.47. The minimum Gasteiger partial charge on any atom is -0.469 e. The van der Waals surface area contributed by atoms with E-state index in [0.29, 0.717) is 5.92 Å². The van der Waals surface area contributed by atoms with Gasteiger partial charge in [0.25, 0.3) is 0 Å². The average molecular weight is 389 g/mol. The zero-order chi connectivity index (χ0) is 20.2. The maximum atomic E-state index is 12.7. The van der Waals surface area contributed by atoms with Gasteiger partial charge in [-0.25, -0.2) is 4.98 Å². The number of H-pyrrole nitrogens is 1. The quantitative estimate of drug-likeness (QED) is 0.597. The van der Waals surface area contributed by atoms with Crippen molar-refractivity contribution in [1.82, 2.24) is 9.97 Å². The Balaban J connectivity index is 1.62. The second-order valence-corrected chi connectivity index (χ2v) is 9.25. The van der Waals surface area contributed by atoms with Crippen molar-refractivity contribution in [3.8, 4) is 11.4 Å². The summed E-state index contributed by atoms with van der Waals surface area (Å²) in [7, 11) is 1.52. The van der Waals surface area contributed by atoms with Gasteiger partial charge in [0.05, 0.1) is 23.6 Å². The van der Waals surface area contributed by atoms with E-state index in [-0.39, 0.29) is 11.4 Å². The molecule has 1 fully saturated rings. The SMILES string of the molecule is COC(=O)[C@]1(C)CCC[C@@]2(C)c3cc4nc(-c5ccccc5)[nH]c4cc3CC[C@@H]12. The number of aryl methyl sites for hydroxylation is 1. The molecule has 2 aromatic carbocycles. The fourth-order valence-corrected chi connectivity index (χ4v) is 6.18. The van der Waals surface area contributed by atoms with Crippen molar-refractivity contribution in [2.75, 3.05) is 7.11 Å². The number of esters is 1. The highest BCUT2D eigenvalue weighted by molar-refractivity contribution is 5.82. The predicted octanol–water partition coefficient (Wildman–Crippen LogP) is 5.41. The molecule has 29 heavy (non-hydrogen) atoms. The molecule has 1 aromatic heterocycles. The molecule has 5 rings (SSSR count). The topological polar surface area (TPSA) is 55.0 Å². The number of hydrogen-bond acceptors (Lipinski definition) is 3. The molecule has 0 radical (unpaired) electrons. The highest BCUT2D eigenvalue weighted by atomic mass is 16.5. The number of methoxy groups -OCH3 is 1. The molecule has 0 bridgehead atoms. The van der Waals surface area contributed by atoms with E-state index in [4.69, 9.17) is 9.72 Å². The maximum Gasteiger partial charge on any atom is 0.311 e. The van der Waals surface area contributed by atoms with Crippen molar-refractivity contribution in [3.05, 3.63) is 53.6 Å². The molecule has 1 saturated carbocycles. The number of aromatic nitrogens is 2. The zero-order valence-electron chi connectivity index (χ0n) is 17.4. The van der Waals surface area contributed by atoms with E-state index in [2.05, 4.69) is 43.1 Å². The standard InChI is InChI=1S/C25H28N2O2/c1-24-12-7-13-25(2,23(28)29-3)21(24)11-10-17-14-19-20(15-18(17)24)27-22(26-19)16-8-5-4-6-9-16/h4-6,8-9,14-15,21H,7,10-13H2,1-3H3,(H,26,27)/t21-,24+,25-/m1/s1. The number of imidazole rings is 1. The van der Waals surface area contributed by atoms with Crippen LogP contribution in [0.25, 0.3) is 22.4 Å². The second-order valence-electron chi connectivity index (χ2n) is 9.25. The van der Waals surface area contributed by atoms with Crippen LogP contribution in [0.2, 0.25) is 0 Å². The number of fused-ring (bicyclic) bond motifs is 4. The molecule has 4 nitrogen and oxygen atoms in total. The first kappa shape index (κ1) is 18.4. The third-order valence-electron chi connectivity index (χ3n) is 7.65. The Morgan fingerprint density at radius 3 is 2.72 bits per heavy atom. The molecule has 0 unspecified atom stereocenters. The Hall–Kier alpha value is -2.62. The van der Waals surface area contributed by atoms with Crippen LogP contribution in [0.1, 0.15) is 50.7 Å². The molecule has 1 N–H and O–H groups in total. The van der Waals surface area contributed by atoms with Crippen LogP contribution in [0.5, 0.6) is 0 Å². The first-order valence-corrected chi connectivity index (χ1v) is 10.6. The summed E-state index contributed by atoms with van der Waals surface area (Å²) in [5.41, 5.74) is 5.55. The number of ether oxygens (including phenoxy) is 1. The van der Waals surface area contributed by atoms with Gasteiger partial charge in [0.15, 0.2) is 0 Å². The molecular weight excluding hydrogens is 360 g/mol. The van der Waals surface area contributed by atoms with Crippen molar-refractivity contribution in [3.63, 3.8) is 0 Å². The Labute approximate surface area is 171 Å². The summed E-state index contributed by atoms with van der Waals surface area (Å²) in [5, 5.41) is 0. The van der Waals surface area contributed by atoms with Gasteiger partial charge in [-0.3, -0.25) is 4.79 Å². The molecule has 0 amide bonds. The molecule has 2 aliphatic rings. The number of rotatable bonds is 2. The van der Waals surface area contributed by atoms with Crippen molar-refractivity contribution in [2.24, 2.45) is 11.3 Å². The lowest BCUT2D eigenvalue weighted by Crippen LogP contribution is -2.52. The van der Waals surface area contributed by atoms with Crippen LogP contribution in [0, 0.1) is 11.3 Å². The van der Waals surface area contributed by atoms with Gasteiger partial charge in [-0.05, 0) is 67.2 Å². The lowest BCUT2D eigenvalue weighted by Gasteiger charge is -2.54. The van der Waals surface area contributed by atoms with E-state index in [9.17, 15) is 4.79 Å². The highest BCUT2D eigenvalue weighted by Gasteiger charge is 2.55. The molecule has 3 atom stereocenters. The summed E-state index contributed by atoms with van der Waals surface area (Å²) in [5.74, 6) is 1.16. The van der Waals surface area contributed by atoms with Crippen LogP contribution >= 0.6 is 0 Å². The summed E-state index contributed by atoms with van der Waals surface area (Å²) in [4.78, 5) is 21.1.